The molecule has 10 nitrogen and oxygen atoms in total. The number of fused-ring (bicyclic) bond motifs is 1. The number of nitrogens with one attached hydrogen (secondary N) is 2. The molecule has 1 aliphatic heterocycles. The van der Waals surface area contributed by atoms with Gasteiger partial charge in [0.1, 0.15) is 22.0 Å². The van der Waals surface area contributed by atoms with E-state index in [1.807, 2.05) is 0 Å². The number of hydrogen-bond acceptors (Lipinski definition) is 6. The molecule has 3 fully saturated rings. The number of carbonyl (C=O) groups excluding carboxylic acids is 5. The fraction of sp³-hybridized carbons (Fsp3) is 0.792. The monoisotopic (exact) mass is 546 g/mol. The molecule has 36 heavy (non-hydrogen) atoms. The van der Waals surface area contributed by atoms with E-state index in [2.05, 4.69) is 10.6 Å². The number of rotatable bonds is 8. The van der Waals surface area contributed by atoms with Crippen molar-refractivity contribution in [3.63, 3.8) is 0 Å². The number of piperidine rings is 1. The number of ether oxygens (including phenoxy) is 1. The predicted octanol–water partition coefficient (Wildman–Crippen LogP) is 1.90. The van der Waals surface area contributed by atoms with Gasteiger partial charge in [0, 0.05) is 18.4 Å². The second-order valence-electron chi connectivity index (χ2n) is 12.2. The lowest BCUT2D eigenvalue weighted by molar-refractivity contribution is -0.144. The molecular formula is C24H36Cl2N4O6. The van der Waals surface area contributed by atoms with Gasteiger partial charge < -0.3 is 26.0 Å². The largest absolute Gasteiger partial charge is 0.444 e. The molecule has 3 aliphatic rings. The average Bonchev–Trinajstić information content (AvgIpc) is 3.55. The summed E-state index contributed by atoms with van der Waals surface area (Å²) in [5, 5.41) is 5.27. The van der Waals surface area contributed by atoms with Crippen LogP contribution in [0.1, 0.15) is 60.8 Å². The maximum absolute atomic E-state index is 13.7. The summed E-state index contributed by atoms with van der Waals surface area (Å²) in [5.74, 6) is -3.84. The third-order valence-corrected chi connectivity index (χ3v) is 7.86. The lowest BCUT2D eigenvalue weighted by Gasteiger charge is -2.37. The Kier molecular flexibility index (Phi) is 7.65. The highest BCUT2D eigenvalue weighted by Gasteiger charge is 2.74. The van der Waals surface area contributed by atoms with Crippen LogP contribution in [-0.4, -0.2) is 69.1 Å². The number of nitrogens with zero attached hydrogens (tertiary/aromatic N) is 1. The number of alkyl carbamates (subject to hydrolysis) is 1. The van der Waals surface area contributed by atoms with Crippen LogP contribution in [0.2, 0.25) is 0 Å². The van der Waals surface area contributed by atoms with E-state index in [1.54, 1.807) is 41.5 Å². The first-order valence-corrected chi connectivity index (χ1v) is 12.9. The van der Waals surface area contributed by atoms with E-state index in [4.69, 9.17) is 33.7 Å². The highest BCUT2D eigenvalue weighted by Crippen LogP contribution is 2.65. The summed E-state index contributed by atoms with van der Waals surface area (Å²) in [4.78, 5) is 65.0. The van der Waals surface area contributed by atoms with Crippen LogP contribution < -0.4 is 16.4 Å². The Morgan fingerprint density at radius 3 is 2.11 bits per heavy atom. The first-order valence-electron chi connectivity index (χ1n) is 12.2. The van der Waals surface area contributed by atoms with Crippen molar-refractivity contribution in [1.29, 1.82) is 0 Å². The fourth-order valence-electron chi connectivity index (χ4n) is 4.72. The zero-order valence-corrected chi connectivity index (χ0v) is 23.0. The Morgan fingerprint density at radius 2 is 1.64 bits per heavy atom. The van der Waals surface area contributed by atoms with Crippen LogP contribution in [0.3, 0.4) is 0 Å². The van der Waals surface area contributed by atoms with Crippen molar-refractivity contribution in [3.05, 3.63) is 0 Å². The number of ketones is 1. The molecule has 0 spiro atoms. The van der Waals surface area contributed by atoms with Gasteiger partial charge in [0.05, 0.1) is 6.04 Å². The van der Waals surface area contributed by atoms with Crippen LogP contribution in [0.4, 0.5) is 4.79 Å². The zero-order valence-electron chi connectivity index (χ0n) is 21.5. The van der Waals surface area contributed by atoms with Gasteiger partial charge in [-0.3, -0.25) is 19.2 Å². The Hall–Kier alpha value is -2.07. The minimum absolute atomic E-state index is 0.105. The fourth-order valence-corrected chi connectivity index (χ4v) is 5.55. The standard InChI is InChI=1S/C24H36Cl2N4O6/c1-22(2,3)17(29-21(35)36-23(4,5)6)20(34)30-10-12-14(24(12,25)26)15(30)19(33)28-13(9-11-7-8-11)16(31)18(27)32/h11-15,17H,7-10H2,1-6H3,(H2,27,32)(H,28,33)(H,29,35). The normalized spacial score (nSPS) is 26.3. The van der Waals surface area contributed by atoms with Gasteiger partial charge in [0.25, 0.3) is 5.91 Å². The predicted molar refractivity (Wildman–Crippen MR) is 133 cm³/mol. The van der Waals surface area contributed by atoms with Gasteiger partial charge in [-0.05, 0) is 38.5 Å². The van der Waals surface area contributed by atoms with E-state index in [0.29, 0.717) is 6.42 Å². The highest BCUT2D eigenvalue weighted by molar-refractivity contribution is 6.51. The molecular weight excluding hydrogens is 511 g/mol. The smallest absolute Gasteiger partial charge is 0.408 e. The number of halogens is 2. The maximum Gasteiger partial charge on any atom is 0.408 e. The molecule has 1 heterocycles. The van der Waals surface area contributed by atoms with E-state index in [0.717, 1.165) is 12.8 Å². The molecule has 5 unspecified atom stereocenters. The van der Waals surface area contributed by atoms with Crippen molar-refractivity contribution in [2.75, 3.05) is 6.54 Å². The molecule has 3 rings (SSSR count). The molecule has 5 atom stereocenters. The Bertz CT molecular complexity index is 953. The van der Waals surface area contributed by atoms with Crippen LogP contribution in [0.15, 0.2) is 0 Å². The van der Waals surface area contributed by atoms with Crippen LogP contribution in [0, 0.1) is 23.2 Å². The molecule has 1 saturated heterocycles. The molecule has 2 saturated carbocycles. The molecule has 0 aromatic carbocycles. The second-order valence-corrected chi connectivity index (χ2v) is 13.6. The topological polar surface area (TPSA) is 148 Å². The third kappa shape index (κ3) is 6.25. The Labute approximate surface area is 221 Å². The number of hydrogen-bond donors (Lipinski definition) is 3. The van der Waals surface area contributed by atoms with E-state index in [-0.39, 0.29) is 18.4 Å². The van der Waals surface area contributed by atoms with Gasteiger partial charge in [-0.15, -0.1) is 23.2 Å². The molecule has 202 valence electrons. The SMILES string of the molecule is CC(C)(C)OC(=O)NC(C(=O)N1CC2C(C1C(=O)NC(CC1CC1)C(=O)C(N)=O)C2(Cl)Cl)C(C)(C)C. The number of primary amides is 1. The minimum Gasteiger partial charge on any atom is -0.444 e. The van der Waals surface area contributed by atoms with Gasteiger partial charge in [-0.25, -0.2) is 4.79 Å². The van der Waals surface area contributed by atoms with Crippen molar-refractivity contribution in [2.45, 2.75) is 88.9 Å². The molecule has 4 amide bonds. The first kappa shape index (κ1) is 28.5. The number of carbonyl (C=O) groups is 5. The van der Waals surface area contributed by atoms with E-state index < -0.39 is 69.0 Å². The number of alkyl halides is 2. The van der Waals surface area contributed by atoms with Crippen molar-refractivity contribution in [1.82, 2.24) is 15.5 Å². The lowest BCUT2D eigenvalue weighted by Crippen LogP contribution is -2.61. The van der Waals surface area contributed by atoms with E-state index in [9.17, 15) is 24.0 Å². The summed E-state index contributed by atoms with van der Waals surface area (Å²) in [7, 11) is 0. The molecule has 0 aromatic rings. The lowest BCUT2D eigenvalue weighted by atomic mass is 9.85. The zero-order chi connectivity index (χ0) is 27.4. The van der Waals surface area contributed by atoms with Gasteiger partial charge in [0.2, 0.25) is 17.6 Å². The van der Waals surface area contributed by atoms with Gasteiger partial charge in [-0.1, -0.05) is 33.6 Å². The Morgan fingerprint density at radius 1 is 1.06 bits per heavy atom. The summed E-state index contributed by atoms with van der Waals surface area (Å²) in [5.41, 5.74) is 3.70. The minimum atomic E-state index is -1.20. The maximum atomic E-state index is 13.7. The summed E-state index contributed by atoms with van der Waals surface area (Å²) in [6, 6.07) is -3.18. The van der Waals surface area contributed by atoms with Crippen LogP contribution in [-0.2, 0) is 23.9 Å². The van der Waals surface area contributed by atoms with Crippen molar-refractivity contribution >= 4 is 52.8 Å². The summed E-state index contributed by atoms with van der Waals surface area (Å²) in [6.07, 6.45) is 1.32. The molecule has 0 bridgehead atoms. The van der Waals surface area contributed by atoms with E-state index >= 15 is 0 Å². The van der Waals surface area contributed by atoms with Gasteiger partial charge in [-0.2, -0.15) is 0 Å². The molecule has 4 N–H and O–H groups in total. The Balaban J connectivity index is 1.83. The number of likely N-dealkylation sites (tertiary alicyclic amines) is 1. The van der Waals surface area contributed by atoms with Gasteiger partial charge in [0.15, 0.2) is 0 Å². The first-order chi connectivity index (χ1) is 16.3. The quantitative estimate of drug-likeness (QED) is 0.312. The molecule has 0 aromatic heterocycles. The van der Waals surface area contributed by atoms with E-state index in [1.165, 1.54) is 4.90 Å². The van der Waals surface area contributed by atoms with Crippen molar-refractivity contribution in [3.8, 4) is 0 Å². The van der Waals surface area contributed by atoms with Crippen LogP contribution in [0.5, 0.6) is 0 Å². The summed E-state index contributed by atoms with van der Waals surface area (Å²) < 4.78 is 4.13. The molecule has 12 heteroatoms. The second kappa shape index (κ2) is 9.67. The summed E-state index contributed by atoms with van der Waals surface area (Å²) >= 11 is 12.8. The van der Waals surface area contributed by atoms with Crippen LogP contribution in [0.25, 0.3) is 0 Å². The van der Waals surface area contributed by atoms with Crippen molar-refractivity contribution < 1.29 is 28.7 Å². The van der Waals surface area contributed by atoms with Crippen LogP contribution >= 0.6 is 23.2 Å². The number of Topliss-reactive ketones (excluding diaryl/α,β-unsaturated/α-hetero) is 1. The summed E-state index contributed by atoms with van der Waals surface area (Å²) in [6.45, 7) is 10.6. The number of amides is 4. The highest BCUT2D eigenvalue weighted by atomic mass is 35.5. The molecule has 2 aliphatic carbocycles. The van der Waals surface area contributed by atoms with Crippen molar-refractivity contribution in [2.24, 2.45) is 28.9 Å². The molecule has 0 radical (unpaired) electrons. The third-order valence-electron chi connectivity index (χ3n) is 6.80. The number of nitrogens with two attached hydrogens (primary N) is 1. The van der Waals surface area contributed by atoms with Gasteiger partial charge >= 0.3 is 6.09 Å². The average molecular weight is 547 g/mol.